The van der Waals surface area contributed by atoms with Gasteiger partial charge in [0, 0.05) is 30.1 Å². The van der Waals surface area contributed by atoms with Gasteiger partial charge in [-0.25, -0.2) is 4.98 Å². The van der Waals surface area contributed by atoms with Crippen molar-refractivity contribution in [3.05, 3.63) is 59.1 Å². The summed E-state index contributed by atoms with van der Waals surface area (Å²) in [5.41, 5.74) is 3.16. The molecule has 102 valence electrons. The Bertz CT molecular complexity index is 720. The molecule has 0 spiro atoms. The molecule has 0 saturated carbocycles. The van der Waals surface area contributed by atoms with Gasteiger partial charge in [0.1, 0.15) is 11.3 Å². The highest BCUT2D eigenvalue weighted by atomic mass is 35.5. The van der Waals surface area contributed by atoms with Crippen molar-refractivity contribution in [2.24, 2.45) is 0 Å². The number of pyridine rings is 1. The van der Waals surface area contributed by atoms with E-state index in [0.29, 0.717) is 5.88 Å². The van der Waals surface area contributed by atoms with Crippen LogP contribution < -0.4 is 0 Å². The number of rotatable bonds is 4. The number of hydrogen-bond acceptors (Lipinski definition) is 2. The molecule has 0 radical (unpaired) electrons. The van der Waals surface area contributed by atoms with E-state index in [2.05, 4.69) is 14.5 Å². The van der Waals surface area contributed by atoms with Crippen LogP contribution in [-0.4, -0.2) is 20.4 Å². The van der Waals surface area contributed by atoms with Gasteiger partial charge < -0.3 is 4.57 Å². The summed E-state index contributed by atoms with van der Waals surface area (Å²) in [5.74, 6) is 1.54. The van der Waals surface area contributed by atoms with Gasteiger partial charge in [-0.15, -0.1) is 11.6 Å². The molecule has 3 aromatic rings. The molecule has 2 heterocycles. The molecule has 0 atom stereocenters. The summed E-state index contributed by atoms with van der Waals surface area (Å²) in [7, 11) is 0. The van der Waals surface area contributed by atoms with Crippen LogP contribution in [0.3, 0.4) is 0 Å². The molecular formula is C15H13Cl2N3. The van der Waals surface area contributed by atoms with Crippen LogP contribution in [0.4, 0.5) is 0 Å². The SMILES string of the molecule is ClCCc1nc2cnccc2n1Cc1ccc(Cl)cc1. The lowest BCUT2D eigenvalue weighted by molar-refractivity contribution is 0.754. The quantitative estimate of drug-likeness (QED) is 0.684. The zero-order valence-electron chi connectivity index (χ0n) is 10.8. The van der Waals surface area contributed by atoms with Crippen molar-refractivity contribution in [1.29, 1.82) is 0 Å². The number of benzene rings is 1. The summed E-state index contributed by atoms with van der Waals surface area (Å²) in [6.45, 7) is 0.754. The molecule has 0 aliphatic heterocycles. The molecular weight excluding hydrogens is 293 g/mol. The lowest BCUT2D eigenvalue weighted by atomic mass is 10.2. The Kier molecular flexibility index (Phi) is 3.90. The Labute approximate surface area is 127 Å². The van der Waals surface area contributed by atoms with E-state index in [4.69, 9.17) is 23.2 Å². The van der Waals surface area contributed by atoms with E-state index in [1.165, 1.54) is 5.56 Å². The van der Waals surface area contributed by atoms with Crippen molar-refractivity contribution in [1.82, 2.24) is 14.5 Å². The van der Waals surface area contributed by atoms with E-state index in [0.717, 1.165) is 34.8 Å². The molecule has 2 aromatic heterocycles. The van der Waals surface area contributed by atoms with E-state index in [-0.39, 0.29) is 0 Å². The third-order valence-electron chi connectivity index (χ3n) is 3.20. The van der Waals surface area contributed by atoms with Gasteiger partial charge in [0.2, 0.25) is 0 Å². The number of imidazole rings is 1. The van der Waals surface area contributed by atoms with Gasteiger partial charge >= 0.3 is 0 Å². The Morgan fingerprint density at radius 2 is 1.90 bits per heavy atom. The van der Waals surface area contributed by atoms with Crippen LogP contribution in [0.5, 0.6) is 0 Å². The zero-order chi connectivity index (χ0) is 13.9. The van der Waals surface area contributed by atoms with Gasteiger partial charge in [0.25, 0.3) is 0 Å². The Balaban J connectivity index is 2.04. The van der Waals surface area contributed by atoms with Crippen LogP contribution in [0.25, 0.3) is 11.0 Å². The van der Waals surface area contributed by atoms with Crippen LogP contribution in [0, 0.1) is 0 Å². The molecule has 0 aliphatic rings. The van der Waals surface area contributed by atoms with Gasteiger partial charge in [-0.1, -0.05) is 23.7 Å². The maximum Gasteiger partial charge on any atom is 0.111 e. The van der Waals surface area contributed by atoms with Crippen molar-refractivity contribution < 1.29 is 0 Å². The third kappa shape index (κ3) is 2.65. The molecule has 20 heavy (non-hydrogen) atoms. The second kappa shape index (κ2) is 5.81. The standard InChI is InChI=1S/C15H13Cl2N3/c16-7-5-15-19-13-9-18-8-6-14(13)20(15)10-11-1-3-12(17)4-2-11/h1-4,6,8-9H,5,7,10H2. The van der Waals surface area contributed by atoms with Crippen LogP contribution >= 0.6 is 23.2 Å². The van der Waals surface area contributed by atoms with E-state index in [9.17, 15) is 0 Å². The monoisotopic (exact) mass is 305 g/mol. The summed E-state index contributed by atoms with van der Waals surface area (Å²) in [4.78, 5) is 8.73. The number of nitrogens with zero attached hydrogens (tertiary/aromatic N) is 3. The van der Waals surface area contributed by atoms with Crippen LogP contribution in [0.15, 0.2) is 42.7 Å². The maximum atomic E-state index is 5.92. The Hall–Kier alpha value is -1.58. The summed E-state index contributed by atoms with van der Waals surface area (Å²) in [6.07, 6.45) is 4.31. The number of alkyl halides is 1. The number of aromatic nitrogens is 3. The van der Waals surface area contributed by atoms with Gasteiger partial charge in [-0.05, 0) is 23.8 Å². The molecule has 1 aromatic carbocycles. The van der Waals surface area contributed by atoms with Crippen molar-refractivity contribution in [2.75, 3.05) is 5.88 Å². The third-order valence-corrected chi connectivity index (χ3v) is 3.64. The highest BCUT2D eigenvalue weighted by molar-refractivity contribution is 6.30. The molecule has 0 unspecified atom stereocenters. The first-order valence-corrected chi connectivity index (χ1v) is 7.28. The second-order valence-corrected chi connectivity index (χ2v) is 5.36. The molecule has 3 rings (SSSR count). The fraction of sp³-hybridized carbons (Fsp3) is 0.200. The summed E-state index contributed by atoms with van der Waals surface area (Å²) in [5, 5.41) is 0.745. The van der Waals surface area contributed by atoms with Crippen molar-refractivity contribution >= 4 is 34.2 Å². The fourth-order valence-electron chi connectivity index (χ4n) is 2.26. The average Bonchev–Trinajstić information content (AvgIpc) is 2.80. The Morgan fingerprint density at radius 1 is 1.10 bits per heavy atom. The first kappa shape index (κ1) is 13.4. The predicted octanol–water partition coefficient (Wildman–Crippen LogP) is 3.91. The van der Waals surface area contributed by atoms with Crippen LogP contribution in [0.1, 0.15) is 11.4 Å². The fourth-order valence-corrected chi connectivity index (χ4v) is 2.55. The number of aryl methyl sites for hydroxylation is 1. The number of hydrogen-bond donors (Lipinski definition) is 0. The molecule has 0 fully saturated rings. The van der Waals surface area contributed by atoms with Crippen molar-refractivity contribution in [3.63, 3.8) is 0 Å². The second-order valence-electron chi connectivity index (χ2n) is 4.54. The average molecular weight is 306 g/mol. The number of fused-ring (bicyclic) bond motifs is 1. The topological polar surface area (TPSA) is 30.7 Å². The van der Waals surface area contributed by atoms with E-state index >= 15 is 0 Å². The van der Waals surface area contributed by atoms with Gasteiger partial charge in [0.15, 0.2) is 0 Å². The predicted molar refractivity (Wildman–Crippen MR) is 82.5 cm³/mol. The van der Waals surface area contributed by atoms with Crippen molar-refractivity contribution in [3.8, 4) is 0 Å². The van der Waals surface area contributed by atoms with Crippen LogP contribution in [-0.2, 0) is 13.0 Å². The summed E-state index contributed by atoms with van der Waals surface area (Å²) in [6, 6.07) is 9.84. The molecule has 5 heteroatoms. The molecule has 0 amide bonds. The molecule has 0 bridgehead atoms. The van der Waals surface area contributed by atoms with E-state index < -0.39 is 0 Å². The zero-order valence-corrected chi connectivity index (χ0v) is 12.3. The molecule has 0 aliphatic carbocycles. The van der Waals surface area contributed by atoms with E-state index in [1.54, 1.807) is 12.4 Å². The van der Waals surface area contributed by atoms with Gasteiger partial charge in [-0.3, -0.25) is 4.98 Å². The van der Waals surface area contributed by atoms with E-state index in [1.807, 2.05) is 30.3 Å². The lowest BCUT2D eigenvalue weighted by Crippen LogP contribution is -2.05. The van der Waals surface area contributed by atoms with Crippen LogP contribution in [0.2, 0.25) is 5.02 Å². The minimum atomic E-state index is 0.553. The molecule has 0 N–H and O–H groups in total. The highest BCUT2D eigenvalue weighted by Crippen LogP contribution is 2.18. The minimum absolute atomic E-state index is 0.553. The lowest BCUT2D eigenvalue weighted by Gasteiger charge is -2.08. The molecule has 3 nitrogen and oxygen atoms in total. The largest absolute Gasteiger partial charge is 0.323 e. The maximum absolute atomic E-state index is 5.92. The van der Waals surface area contributed by atoms with Crippen molar-refractivity contribution in [2.45, 2.75) is 13.0 Å². The summed E-state index contributed by atoms with van der Waals surface area (Å²) < 4.78 is 2.18. The normalized spacial score (nSPS) is 11.1. The first-order chi connectivity index (χ1) is 9.78. The highest BCUT2D eigenvalue weighted by Gasteiger charge is 2.10. The van der Waals surface area contributed by atoms with Gasteiger partial charge in [-0.2, -0.15) is 0 Å². The summed E-state index contributed by atoms with van der Waals surface area (Å²) >= 11 is 11.8. The number of halogens is 2. The minimum Gasteiger partial charge on any atom is -0.323 e. The van der Waals surface area contributed by atoms with Gasteiger partial charge in [0.05, 0.1) is 11.7 Å². The molecule has 0 saturated heterocycles. The smallest absolute Gasteiger partial charge is 0.111 e. The first-order valence-electron chi connectivity index (χ1n) is 6.37. The Morgan fingerprint density at radius 3 is 2.65 bits per heavy atom.